The largest absolute Gasteiger partial charge is 0.481 e. The van der Waals surface area contributed by atoms with Crippen molar-refractivity contribution in [2.45, 2.75) is 50.4 Å². The van der Waals surface area contributed by atoms with Crippen LogP contribution in [0.3, 0.4) is 0 Å². The first-order chi connectivity index (χ1) is 12.2. The molecule has 2 N–H and O–H groups in total. The molecule has 2 aromatic rings. The molecule has 4 nitrogen and oxygen atoms in total. The van der Waals surface area contributed by atoms with Crippen LogP contribution in [0.25, 0.3) is 0 Å². The number of carboxylic acid groups (broad SMARTS) is 1. The fourth-order valence-electron chi connectivity index (χ4n) is 4.28. The second-order valence-electron chi connectivity index (χ2n) is 7.81. The lowest BCUT2D eigenvalue weighted by Crippen LogP contribution is -2.61. The molecule has 2 atom stereocenters. The van der Waals surface area contributed by atoms with Crippen molar-refractivity contribution < 1.29 is 19.7 Å². The maximum absolute atomic E-state index is 12.0. The molecule has 1 saturated heterocycles. The first-order valence-electron chi connectivity index (χ1n) is 8.97. The Morgan fingerprint density at radius 1 is 1.00 bits per heavy atom. The van der Waals surface area contributed by atoms with Gasteiger partial charge >= 0.3 is 5.97 Å². The van der Waals surface area contributed by atoms with Crippen LogP contribution in [0.2, 0.25) is 0 Å². The maximum atomic E-state index is 12.0. The van der Waals surface area contributed by atoms with Gasteiger partial charge in [-0.25, -0.2) is 0 Å². The molecule has 0 amide bonds. The zero-order chi connectivity index (χ0) is 19.0. The van der Waals surface area contributed by atoms with Gasteiger partial charge < -0.3 is 14.9 Å². The van der Waals surface area contributed by atoms with Gasteiger partial charge in [-0.1, -0.05) is 60.7 Å². The van der Waals surface area contributed by atoms with E-state index < -0.39 is 28.7 Å². The Morgan fingerprint density at radius 3 is 1.85 bits per heavy atom. The predicted octanol–water partition coefficient (Wildman–Crippen LogP) is 3.97. The number of ether oxygens (including phenoxy) is 1. The van der Waals surface area contributed by atoms with Gasteiger partial charge in [-0.3, -0.25) is 4.79 Å². The molecular weight excluding hydrogens is 328 g/mol. The van der Waals surface area contributed by atoms with Crippen molar-refractivity contribution in [3.05, 3.63) is 71.8 Å². The molecule has 2 unspecified atom stereocenters. The van der Waals surface area contributed by atoms with Gasteiger partial charge in [-0.05, 0) is 44.7 Å². The van der Waals surface area contributed by atoms with Crippen molar-refractivity contribution >= 4 is 5.97 Å². The number of carbonyl (C=O) groups is 1. The number of rotatable bonds is 4. The van der Waals surface area contributed by atoms with Gasteiger partial charge in [0.2, 0.25) is 0 Å². The quantitative estimate of drug-likeness (QED) is 0.872. The van der Waals surface area contributed by atoms with Gasteiger partial charge in [0, 0.05) is 0 Å². The summed E-state index contributed by atoms with van der Waals surface area (Å²) in [6, 6.07) is 18.9. The van der Waals surface area contributed by atoms with Gasteiger partial charge in [0.1, 0.15) is 11.2 Å². The summed E-state index contributed by atoms with van der Waals surface area (Å²) in [5, 5.41) is 21.6. The SMILES string of the molecule is CC1(C)OC(C)(C(O)(c2ccccc2)c2ccccc2)CCC1C(=O)O. The summed E-state index contributed by atoms with van der Waals surface area (Å²) in [4.78, 5) is 11.6. The van der Waals surface area contributed by atoms with E-state index in [9.17, 15) is 15.0 Å². The van der Waals surface area contributed by atoms with Crippen molar-refractivity contribution in [3.8, 4) is 0 Å². The standard InChI is InChI=1S/C22H26O4/c1-20(2)18(19(23)24)14-15-21(3,26-20)22(25,16-10-6-4-7-11-16)17-12-8-5-9-13-17/h4-13,18,25H,14-15H2,1-3H3,(H,23,24). The van der Waals surface area contributed by atoms with Crippen LogP contribution in [-0.2, 0) is 15.1 Å². The summed E-state index contributed by atoms with van der Waals surface area (Å²) in [6.07, 6.45) is 0.883. The summed E-state index contributed by atoms with van der Waals surface area (Å²) in [7, 11) is 0. The van der Waals surface area contributed by atoms with Crippen LogP contribution in [0.1, 0.15) is 44.7 Å². The lowest BCUT2D eigenvalue weighted by Gasteiger charge is -2.54. The van der Waals surface area contributed by atoms with Gasteiger partial charge in [0.05, 0.1) is 11.5 Å². The molecule has 1 heterocycles. The summed E-state index contributed by atoms with van der Waals surface area (Å²) in [5.41, 5.74) is -1.78. The van der Waals surface area contributed by atoms with E-state index in [0.717, 1.165) is 11.1 Å². The Hall–Kier alpha value is -2.17. The number of aliphatic carboxylic acids is 1. The zero-order valence-corrected chi connectivity index (χ0v) is 15.5. The average Bonchev–Trinajstić information content (AvgIpc) is 2.61. The molecule has 0 spiro atoms. The van der Waals surface area contributed by atoms with E-state index in [1.807, 2.05) is 67.6 Å². The lowest BCUT2D eigenvalue weighted by molar-refractivity contribution is -0.257. The Morgan fingerprint density at radius 2 is 1.46 bits per heavy atom. The monoisotopic (exact) mass is 354 g/mol. The normalized spacial score (nSPS) is 25.6. The fourth-order valence-corrected chi connectivity index (χ4v) is 4.28. The van der Waals surface area contributed by atoms with Crippen molar-refractivity contribution in [2.24, 2.45) is 5.92 Å². The fraction of sp³-hybridized carbons (Fsp3) is 0.409. The van der Waals surface area contributed by atoms with Gasteiger partial charge in [0.25, 0.3) is 0 Å². The highest BCUT2D eigenvalue weighted by Crippen LogP contribution is 2.51. The van der Waals surface area contributed by atoms with Crippen LogP contribution in [0.15, 0.2) is 60.7 Å². The number of carboxylic acids is 1. The molecule has 0 radical (unpaired) electrons. The Balaban J connectivity index is 2.13. The smallest absolute Gasteiger partial charge is 0.309 e. The Labute approximate surface area is 154 Å². The van der Waals surface area contributed by atoms with Gasteiger partial charge in [0.15, 0.2) is 0 Å². The van der Waals surface area contributed by atoms with E-state index in [-0.39, 0.29) is 0 Å². The third kappa shape index (κ3) is 2.93. The molecule has 1 aliphatic heterocycles. The molecule has 26 heavy (non-hydrogen) atoms. The first kappa shape index (κ1) is 18.6. The molecular formula is C22H26O4. The molecule has 0 bridgehead atoms. The molecule has 0 aromatic heterocycles. The summed E-state index contributed by atoms with van der Waals surface area (Å²) >= 11 is 0. The summed E-state index contributed by atoms with van der Waals surface area (Å²) in [5.74, 6) is -1.47. The highest BCUT2D eigenvalue weighted by Gasteiger charge is 2.57. The minimum absolute atomic E-state index is 0.438. The second kappa shape index (κ2) is 6.53. The third-order valence-corrected chi connectivity index (χ3v) is 5.68. The molecule has 3 rings (SSSR count). The van der Waals surface area contributed by atoms with Crippen molar-refractivity contribution in [1.82, 2.24) is 0 Å². The maximum Gasteiger partial charge on any atom is 0.309 e. The van der Waals surface area contributed by atoms with E-state index in [1.54, 1.807) is 13.8 Å². The second-order valence-corrected chi connectivity index (χ2v) is 7.81. The molecule has 138 valence electrons. The lowest BCUT2D eigenvalue weighted by atomic mass is 9.67. The molecule has 1 aliphatic rings. The summed E-state index contributed by atoms with van der Waals surface area (Å²) in [6.45, 7) is 5.46. The van der Waals surface area contributed by atoms with Crippen molar-refractivity contribution in [2.75, 3.05) is 0 Å². The first-order valence-corrected chi connectivity index (χ1v) is 8.97. The van der Waals surface area contributed by atoms with E-state index in [2.05, 4.69) is 0 Å². The van der Waals surface area contributed by atoms with E-state index in [0.29, 0.717) is 12.8 Å². The molecule has 4 heteroatoms. The van der Waals surface area contributed by atoms with Crippen LogP contribution >= 0.6 is 0 Å². The van der Waals surface area contributed by atoms with Crippen molar-refractivity contribution in [3.63, 3.8) is 0 Å². The number of hydrogen-bond donors (Lipinski definition) is 2. The molecule has 1 fully saturated rings. The number of aliphatic hydroxyl groups is 1. The van der Waals surface area contributed by atoms with Crippen LogP contribution in [-0.4, -0.2) is 27.4 Å². The highest BCUT2D eigenvalue weighted by molar-refractivity contribution is 5.71. The zero-order valence-electron chi connectivity index (χ0n) is 15.5. The van der Waals surface area contributed by atoms with E-state index in [1.165, 1.54) is 0 Å². The molecule has 0 aliphatic carbocycles. The minimum Gasteiger partial charge on any atom is -0.481 e. The van der Waals surface area contributed by atoms with Gasteiger partial charge in [-0.15, -0.1) is 0 Å². The van der Waals surface area contributed by atoms with Crippen LogP contribution in [0.5, 0.6) is 0 Å². The van der Waals surface area contributed by atoms with E-state index >= 15 is 0 Å². The highest BCUT2D eigenvalue weighted by atomic mass is 16.5. The predicted molar refractivity (Wildman–Crippen MR) is 99.8 cm³/mol. The number of hydrogen-bond acceptors (Lipinski definition) is 3. The molecule has 0 saturated carbocycles. The summed E-state index contributed by atoms with van der Waals surface area (Å²) < 4.78 is 6.38. The Kier molecular flexibility index (Phi) is 4.67. The van der Waals surface area contributed by atoms with Crippen LogP contribution < -0.4 is 0 Å². The van der Waals surface area contributed by atoms with E-state index in [4.69, 9.17) is 4.74 Å². The molecule has 2 aromatic carbocycles. The Bertz CT molecular complexity index is 730. The topological polar surface area (TPSA) is 66.8 Å². The van der Waals surface area contributed by atoms with Crippen molar-refractivity contribution in [1.29, 1.82) is 0 Å². The van der Waals surface area contributed by atoms with Crippen LogP contribution in [0, 0.1) is 5.92 Å². The third-order valence-electron chi connectivity index (χ3n) is 5.68. The number of benzene rings is 2. The van der Waals surface area contributed by atoms with Crippen LogP contribution in [0.4, 0.5) is 0 Å². The van der Waals surface area contributed by atoms with Gasteiger partial charge in [-0.2, -0.15) is 0 Å². The average molecular weight is 354 g/mol. The minimum atomic E-state index is -1.39.